The second kappa shape index (κ2) is 7.67. The molecule has 1 heterocycles. The van der Waals surface area contributed by atoms with E-state index in [0.717, 1.165) is 42.5 Å². The average molecular weight is 301 g/mol. The van der Waals surface area contributed by atoms with Crippen molar-refractivity contribution in [3.63, 3.8) is 0 Å². The van der Waals surface area contributed by atoms with Crippen LogP contribution in [0.5, 0.6) is 0 Å². The summed E-state index contributed by atoms with van der Waals surface area (Å²) in [6, 6.07) is 1.86. The van der Waals surface area contributed by atoms with Crippen molar-refractivity contribution in [1.29, 1.82) is 0 Å². The zero-order chi connectivity index (χ0) is 12.7. The maximum absolute atomic E-state index is 11.8. The van der Waals surface area contributed by atoms with E-state index in [1.807, 2.05) is 19.2 Å². The molecule has 0 fully saturated rings. The van der Waals surface area contributed by atoms with Crippen LogP contribution in [0, 0.1) is 6.92 Å². The van der Waals surface area contributed by atoms with Gasteiger partial charge in [-0.2, -0.15) is 0 Å². The number of rotatable bonds is 7. The smallest absolute Gasteiger partial charge is 0.253 e. The van der Waals surface area contributed by atoms with Gasteiger partial charge in [-0.05, 0) is 61.3 Å². The summed E-state index contributed by atoms with van der Waals surface area (Å²) in [5, 5.41) is 3.36. The van der Waals surface area contributed by atoms with E-state index >= 15 is 0 Å². The van der Waals surface area contributed by atoms with Gasteiger partial charge in [0.15, 0.2) is 0 Å². The summed E-state index contributed by atoms with van der Waals surface area (Å²) in [6.45, 7) is 6.93. The Morgan fingerprint density at radius 2 is 2.12 bits per heavy atom. The van der Waals surface area contributed by atoms with Crippen molar-refractivity contribution in [2.24, 2.45) is 0 Å². The SMILES string of the molecule is CCCNCCCCn1cc(Br)cc(C)c1=O. The maximum atomic E-state index is 11.8. The molecule has 0 amide bonds. The monoisotopic (exact) mass is 300 g/mol. The lowest BCUT2D eigenvalue weighted by Crippen LogP contribution is -2.22. The third-order valence-electron chi connectivity index (χ3n) is 2.66. The third kappa shape index (κ3) is 5.04. The van der Waals surface area contributed by atoms with Crippen LogP contribution in [0.15, 0.2) is 21.5 Å². The van der Waals surface area contributed by atoms with E-state index < -0.39 is 0 Å². The Kier molecular flexibility index (Phi) is 6.52. The fourth-order valence-corrected chi connectivity index (χ4v) is 2.33. The first-order valence-electron chi connectivity index (χ1n) is 6.22. The van der Waals surface area contributed by atoms with Gasteiger partial charge in [0.2, 0.25) is 0 Å². The van der Waals surface area contributed by atoms with Crippen molar-refractivity contribution in [2.45, 2.75) is 39.7 Å². The number of aryl methyl sites for hydroxylation is 2. The van der Waals surface area contributed by atoms with Crippen LogP contribution in [-0.4, -0.2) is 17.7 Å². The molecule has 1 N–H and O–H groups in total. The number of nitrogens with zero attached hydrogens (tertiary/aromatic N) is 1. The second-order valence-electron chi connectivity index (χ2n) is 4.30. The molecule has 3 nitrogen and oxygen atoms in total. The molecule has 4 heteroatoms. The summed E-state index contributed by atoms with van der Waals surface area (Å²) in [5.74, 6) is 0. The van der Waals surface area contributed by atoms with Crippen LogP contribution in [0.3, 0.4) is 0 Å². The van der Waals surface area contributed by atoms with Crippen molar-refractivity contribution in [3.05, 3.63) is 32.7 Å². The lowest BCUT2D eigenvalue weighted by Gasteiger charge is -2.08. The quantitative estimate of drug-likeness (QED) is 0.786. The highest BCUT2D eigenvalue weighted by atomic mass is 79.9. The number of unbranched alkanes of at least 4 members (excludes halogenated alkanes) is 1. The van der Waals surface area contributed by atoms with E-state index in [2.05, 4.69) is 28.2 Å². The summed E-state index contributed by atoms with van der Waals surface area (Å²) in [6.07, 6.45) is 5.18. The summed E-state index contributed by atoms with van der Waals surface area (Å²) in [5.41, 5.74) is 0.915. The zero-order valence-corrected chi connectivity index (χ0v) is 12.2. The number of halogens is 1. The number of nitrogens with one attached hydrogen (secondary N) is 1. The molecule has 0 aromatic carbocycles. The number of hydrogen-bond acceptors (Lipinski definition) is 2. The third-order valence-corrected chi connectivity index (χ3v) is 3.09. The first kappa shape index (κ1) is 14.5. The van der Waals surface area contributed by atoms with E-state index in [4.69, 9.17) is 0 Å². The van der Waals surface area contributed by atoms with Crippen LogP contribution < -0.4 is 10.9 Å². The molecule has 0 aliphatic heterocycles. The largest absolute Gasteiger partial charge is 0.317 e. The highest BCUT2D eigenvalue weighted by Gasteiger charge is 2.01. The number of aromatic nitrogens is 1. The molecule has 0 spiro atoms. The molecule has 0 atom stereocenters. The van der Waals surface area contributed by atoms with Gasteiger partial charge in [0, 0.05) is 22.8 Å². The van der Waals surface area contributed by atoms with Crippen LogP contribution in [0.2, 0.25) is 0 Å². The minimum Gasteiger partial charge on any atom is -0.317 e. The van der Waals surface area contributed by atoms with Crippen LogP contribution in [0.4, 0.5) is 0 Å². The summed E-state index contributed by atoms with van der Waals surface area (Å²) < 4.78 is 2.76. The van der Waals surface area contributed by atoms with Gasteiger partial charge in [-0.25, -0.2) is 0 Å². The first-order valence-corrected chi connectivity index (χ1v) is 7.01. The Labute approximate surface area is 111 Å². The lowest BCUT2D eigenvalue weighted by molar-refractivity contribution is 0.556. The summed E-state index contributed by atoms with van der Waals surface area (Å²) >= 11 is 3.42. The Morgan fingerprint density at radius 1 is 1.35 bits per heavy atom. The number of hydrogen-bond donors (Lipinski definition) is 1. The fraction of sp³-hybridized carbons (Fsp3) is 0.615. The maximum Gasteiger partial charge on any atom is 0.253 e. The topological polar surface area (TPSA) is 34.0 Å². The minimum absolute atomic E-state index is 0.120. The van der Waals surface area contributed by atoms with E-state index in [0.29, 0.717) is 0 Å². The molecule has 1 aromatic rings. The Balaban J connectivity index is 2.39. The molecule has 0 bridgehead atoms. The molecule has 0 saturated carbocycles. The molecule has 0 radical (unpaired) electrons. The summed E-state index contributed by atoms with van der Waals surface area (Å²) in [4.78, 5) is 11.8. The molecular weight excluding hydrogens is 280 g/mol. The van der Waals surface area contributed by atoms with E-state index in [-0.39, 0.29) is 5.56 Å². The van der Waals surface area contributed by atoms with Crippen molar-refractivity contribution >= 4 is 15.9 Å². The normalized spacial score (nSPS) is 10.8. The van der Waals surface area contributed by atoms with Crippen molar-refractivity contribution in [2.75, 3.05) is 13.1 Å². The number of pyridine rings is 1. The molecule has 1 rings (SSSR count). The van der Waals surface area contributed by atoms with Gasteiger partial charge in [0.25, 0.3) is 5.56 Å². The van der Waals surface area contributed by atoms with Crippen molar-refractivity contribution < 1.29 is 0 Å². The van der Waals surface area contributed by atoms with Crippen LogP contribution >= 0.6 is 15.9 Å². The Bertz CT molecular complexity index is 401. The fourth-order valence-electron chi connectivity index (χ4n) is 1.74. The van der Waals surface area contributed by atoms with Gasteiger partial charge in [-0.15, -0.1) is 0 Å². The molecule has 0 unspecified atom stereocenters. The van der Waals surface area contributed by atoms with E-state index in [1.165, 1.54) is 6.42 Å². The molecule has 1 aromatic heterocycles. The molecule has 0 aliphatic rings. The molecular formula is C13H21BrN2O. The van der Waals surface area contributed by atoms with Gasteiger partial charge in [0.05, 0.1) is 0 Å². The average Bonchev–Trinajstić information content (AvgIpc) is 2.29. The van der Waals surface area contributed by atoms with Crippen LogP contribution in [0.1, 0.15) is 31.7 Å². The predicted molar refractivity (Wildman–Crippen MR) is 75.5 cm³/mol. The molecule has 0 aliphatic carbocycles. The van der Waals surface area contributed by atoms with Gasteiger partial charge in [0.1, 0.15) is 0 Å². The Hall–Kier alpha value is -0.610. The molecule has 96 valence electrons. The molecule has 0 saturated heterocycles. The van der Waals surface area contributed by atoms with Gasteiger partial charge in [-0.1, -0.05) is 6.92 Å². The standard InChI is InChI=1S/C13H21BrN2O/c1-3-6-15-7-4-5-8-16-10-12(14)9-11(2)13(16)17/h9-10,15H,3-8H2,1-2H3. The molecule has 17 heavy (non-hydrogen) atoms. The van der Waals surface area contributed by atoms with Crippen LogP contribution in [0.25, 0.3) is 0 Å². The van der Waals surface area contributed by atoms with Gasteiger partial charge >= 0.3 is 0 Å². The van der Waals surface area contributed by atoms with Crippen LogP contribution in [-0.2, 0) is 6.54 Å². The van der Waals surface area contributed by atoms with E-state index in [9.17, 15) is 4.79 Å². The zero-order valence-electron chi connectivity index (χ0n) is 10.6. The first-order chi connectivity index (χ1) is 8.15. The highest BCUT2D eigenvalue weighted by molar-refractivity contribution is 9.10. The lowest BCUT2D eigenvalue weighted by atomic mass is 10.2. The van der Waals surface area contributed by atoms with Gasteiger partial charge < -0.3 is 9.88 Å². The van der Waals surface area contributed by atoms with Gasteiger partial charge in [-0.3, -0.25) is 4.79 Å². The predicted octanol–water partition coefficient (Wildman–Crippen LogP) is 2.70. The second-order valence-corrected chi connectivity index (χ2v) is 5.21. The van der Waals surface area contributed by atoms with Crippen molar-refractivity contribution in [3.8, 4) is 0 Å². The minimum atomic E-state index is 0.120. The Morgan fingerprint density at radius 3 is 2.82 bits per heavy atom. The highest BCUT2D eigenvalue weighted by Crippen LogP contribution is 2.08. The van der Waals surface area contributed by atoms with E-state index in [1.54, 1.807) is 4.57 Å². The summed E-state index contributed by atoms with van der Waals surface area (Å²) in [7, 11) is 0. The van der Waals surface area contributed by atoms with Crippen molar-refractivity contribution in [1.82, 2.24) is 9.88 Å².